The summed E-state index contributed by atoms with van der Waals surface area (Å²) in [5.74, 6) is -0.766. The average Bonchev–Trinajstić information content (AvgIpc) is 1.81. The van der Waals surface area contributed by atoms with Crippen LogP contribution in [0.3, 0.4) is 0 Å². The van der Waals surface area contributed by atoms with Gasteiger partial charge >= 0.3 is 6.18 Å². The average molecular weight is 153 g/mol. The summed E-state index contributed by atoms with van der Waals surface area (Å²) in [5.41, 5.74) is 0. The van der Waals surface area contributed by atoms with Crippen LogP contribution >= 0.6 is 0 Å². The molecule has 58 valence electrons. The Kier molecular flexibility index (Phi) is 2.92. The van der Waals surface area contributed by atoms with Gasteiger partial charge in [-0.25, -0.2) is 0 Å². The van der Waals surface area contributed by atoms with Crippen molar-refractivity contribution in [3.05, 3.63) is 12.2 Å². The van der Waals surface area contributed by atoms with Gasteiger partial charge in [0.05, 0.1) is 0 Å². The van der Waals surface area contributed by atoms with Gasteiger partial charge in [-0.3, -0.25) is 4.79 Å². The maximum atomic E-state index is 11.3. The zero-order valence-corrected chi connectivity index (χ0v) is 5.20. The van der Waals surface area contributed by atoms with Crippen molar-refractivity contribution in [2.45, 2.75) is 6.18 Å². The molecular weight excluding hydrogens is 147 g/mol. The zero-order valence-electron chi connectivity index (χ0n) is 5.20. The van der Waals surface area contributed by atoms with E-state index in [2.05, 4.69) is 0 Å². The lowest BCUT2D eigenvalue weighted by molar-refractivity contribution is -0.116. The lowest BCUT2D eigenvalue weighted by atomic mass is 10.4. The first-order valence-electron chi connectivity index (χ1n) is 2.43. The van der Waals surface area contributed by atoms with Gasteiger partial charge in [0, 0.05) is 19.2 Å². The van der Waals surface area contributed by atoms with Crippen LogP contribution in [0.25, 0.3) is 0 Å². The number of halogens is 3. The van der Waals surface area contributed by atoms with Gasteiger partial charge in [-0.2, -0.15) is 13.2 Å². The minimum atomic E-state index is -4.41. The standard InChI is InChI=1S/C5H6F3NO/c1-9-4(10)2-3-5(6,7)8/h2-3H,1H3,(H,9,10)/b3-2+. The van der Waals surface area contributed by atoms with Gasteiger partial charge in [0.25, 0.3) is 0 Å². The van der Waals surface area contributed by atoms with E-state index < -0.39 is 12.1 Å². The van der Waals surface area contributed by atoms with Crippen LogP contribution in [0, 0.1) is 0 Å². The van der Waals surface area contributed by atoms with E-state index in [-0.39, 0.29) is 6.08 Å². The Morgan fingerprint density at radius 1 is 1.50 bits per heavy atom. The first kappa shape index (κ1) is 9.00. The molecule has 10 heavy (non-hydrogen) atoms. The molecule has 0 aromatic carbocycles. The number of allylic oxidation sites excluding steroid dienone is 1. The summed E-state index contributed by atoms with van der Waals surface area (Å²) < 4.78 is 33.9. The van der Waals surface area contributed by atoms with Gasteiger partial charge in [-0.1, -0.05) is 0 Å². The van der Waals surface area contributed by atoms with Crippen LogP contribution in [-0.2, 0) is 4.79 Å². The largest absolute Gasteiger partial charge is 0.409 e. The molecule has 0 aliphatic heterocycles. The van der Waals surface area contributed by atoms with Crippen molar-refractivity contribution in [2.75, 3.05) is 7.05 Å². The fourth-order valence-electron chi connectivity index (χ4n) is 0.254. The molecule has 5 heteroatoms. The molecule has 1 N–H and O–H groups in total. The Bertz CT molecular complexity index is 149. The molecule has 0 aliphatic rings. The third-order valence-corrected chi connectivity index (χ3v) is 0.670. The van der Waals surface area contributed by atoms with E-state index in [9.17, 15) is 18.0 Å². The highest BCUT2D eigenvalue weighted by atomic mass is 19.4. The Morgan fingerprint density at radius 3 is 2.30 bits per heavy atom. The topological polar surface area (TPSA) is 29.1 Å². The second-order valence-corrected chi connectivity index (χ2v) is 1.49. The Balaban J connectivity index is 3.88. The second-order valence-electron chi connectivity index (χ2n) is 1.49. The van der Waals surface area contributed by atoms with Gasteiger partial charge in [-0.05, 0) is 0 Å². The molecule has 0 saturated carbocycles. The quantitative estimate of drug-likeness (QED) is 0.556. The van der Waals surface area contributed by atoms with E-state index in [4.69, 9.17) is 0 Å². The second kappa shape index (κ2) is 3.24. The molecule has 0 spiro atoms. The van der Waals surface area contributed by atoms with Gasteiger partial charge < -0.3 is 5.32 Å². The minimum Gasteiger partial charge on any atom is -0.356 e. The Hall–Kier alpha value is -1.00. The number of carbonyl (C=O) groups is 1. The molecule has 1 amide bonds. The summed E-state index contributed by atoms with van der Waals surface area (Å²) in [5, 5.41) is 2.01. The minimum absolute atomic E-state index is 0.119. The monoisotopic (exact) mass is 153 g/mol. The molecule has 0 bridgehead atoms. The number of amides is 1. The molecule has 0 rings (SSSR count). The van der Waals surface area contributed by atoms with Crippen LogP contribution in [0.2, 0.25) is 0 Å². The highest BCUT2D eigenvalue weighted by Gasteiger charge is 2.22. The van der Waals surface area contributed by atoms with Crippen LogP contribution in [-0.4, -0.2) is 19.1 Å². The molecule has 0 atom stereocenters. The van der Waals surface area contributed by atoms with Crippen molar-refractivity contribution in [2.24, 2.45) is 0 Å². The summed E-state index contributed by atoms with van der Waals surface area (Å²) in [6.07, 6.45) is -4.10. The Labute approximate surface area is 55.7 Å². The number of alkyl halides is 3. The predicted octanol–water partition coefficient (Wildman–Crippen LogP) is 0.851. The van der Waals surface area contributed by atoms with E-state index >= 15 is 0 Å². The number of hydrogen-bond donors (Lipinski definition) is 1. The van der Waals surface area contributed by atoms with Crippen LogP contribution in [0.15, 0.2) is 12.2 Å². The Morgan fingerprint density at radius 2 is 2.00 bits per heavy atom. The summed E-state index contributed by atoms with van der Waals surface area (Å²) in [7, 11) is 1.25. The number of hydrogen-bond acceptors (Lipinski definition) is 1. The first-order chi connectivity index (χ1) is 4.45. The fourth-order valence-corrected chi connectivity index (χ4v) is 0.254. The van der Waals surface area contributed by atoms with Crippen molar-refractivity contribution in [1.29, 1.82) is 0 Å². The molecule has 0 heterocycles. The third-order valence-electron chi connectivity index (χ3n) is 0.670. The molecule has 0 aliphatic carbocycles. The highest BCUT2D eigenvalue weighted by Crippen LogP contribution is 2.15. The summed E-state index contributed by atoms with van der Waals surface area (Å²) >= 11 is 0. The van der Waals surface area contributed by atoms with Crippen molar-refractivity contribution < 1.29 is 18.0 Å². The van der Waals surface area contributed by atoms with Crippen LogP contribution in [0.5, 0.6) is 0 Å². The number of rotatable bonds is 1. The number of nitrogens with one attached hydrogen (secondary N) is 1. The van der Waals surface area contributed by atoms with Crippen molar-refractivity contribution >= 4 is 5.91 Å². The molecule has 0 fully saturated rings. The van der Waals surface area contributed by atoms with E-state index in [0.29, 0.717) is 6.08 Å². The molecule has 0 aromatic rings. The normalized spacial score (nSPS) is 12.0. The van der Waals surface area contributed by atoms with Crippen molar-refractivity contribution in [3.63, 3.8) is 0 Å². The van der Waals surface area contributed by atoms with Crippen molar-refractivity contribution in [3.8, 4) is 0 Å². The zero-order chi connectivity index (χ0) is 8.20. The fraction of sp³-hybridized carbons (Fsp3) is 0.400. The van der Waals surface area contributed by atoms with Crippen LogP contribution in [0.1, 0.15) is 0 Å². The molecule has 0 unspecified atom stereocenters. The smallest absolute Gasteiger partial charge is 0.356 e. The van der Waals surface area contributed by atoms with Gasteiger partial charge in [0.2, 0.25) is 5.91 Å². The molecule has 0 radical (unpaired) electrons. The predicted molar refractivity (Wildman–Crippen MR) is 29.3 cm³/mol. The van der Waals surface area contributed by atoms with Gasteiger partial charge in [0.15, 0.2) is 0 Å². The van der Waals surface area contributed by atoms with Gasteiger partial charge in [-0.15, -0.1) is 0 Å². The molecule has 0 aromatic heterocycles. The van der Waals surface area contributed by atoms with E-state index in [1.165, 1.54) is 7.05 Å². The van der Waals surface area contributed by atoms with Crippen LogP contribution in [0.4, 0.5) is 13.2 Å². The molecular formula is C5H6F3NO. The van der Waals surface area contributed by atoms with E-state index in [1.807, 2.05) is 5.32 Å². The highest BCUT2D eigenvalue weighted by molar-refractivity contribution is 5.87. The third kappa shape index (κ3) is 5.14. The van der Waals surface area contributed by atoms with E-state index in [1.54, 1.807) is 0 Å². The lowest BCUT2D eigenvalue weighted by Crippen LogP contribution is -2.15. The summed E-state index contributed by atoms with van der Waals surface area (Å²) in [6.45, 7) is 0. The molecule has 0 saturated heterocycles. The maximum Gasteiger partial charge on any atom is 0.409 e. The van der Waals surface area contributed by atoms with Gasteiger partial charge in [0.1, 0.15) is 0 Å². The SMILES string of the molecule is CNC(=O)/C=C/C(F)(F)F. The number of carbonyl (C=O) groups excluding carboxylic acids is 1. The summed E-state index contributed by atoms with van der Waals surface area (Å²) in [4.78, 5) is 10.2. The molecule has 2 nitrogen and oxygen atoms in total. The van der Waals surface area contributed by atoms with Crippen LogP contribution < -0.4 is 5.32 Å². The lowest BCUT2D eigenvalue weighted by Gasteiger charge is -1.95. The maximum absolute atomic E-state index is 11.3. The number of likely N-dealkylation sites (N-methyl/N-ethyl adjacent to an activating group) is 1. The first-order valence-corrected chi connectivity index (χ1v) is 2.43. The van der Waals surface area contributed by atoms with Crippen molar-refractivity contribution in [1.82, 2.24) is 5.32 Å². The summed E-state index contributed by atoms with van der Waals surface area (Å²) in [6, 6.07) is 0. The van der Waals surface area contributed by atoms with E-state index in [0.717, 1.165) is 0 Å².